The fourth-order valence-electron chi connectivity index (χ4n) is 2.56. The van der Waals surface area contributed by atoms with Crippen LogP contribution in [0.15, 0.2) is 36.4 Å². The van der Waals surface area contributed by atoms with Gasteiger partial charge in [0.25, 0.3) is 0 Å². The van der Waals surface area contributed by atoms with Gasteiger partial charge in [-0.3, -0.25) is 0 Å². The zero-order chi connectivity index (χ0) is 13.9. The second-order valence-electron chi connectivity index (χ2n) is 4.98. The minimum Gasteiger partial charge on any atom is -0.492 e. The number of ether oxygens (including phenoxy) is 1. The Morgan fingerprint density at radius 2 is 2.15 bits per heavy atom. The van der Waals surface area contributed by atoms with Gasteiger partial charge in [0.05, 0.1) is 6.61 Å². The standard InChI is InChI=1S/C17H18ClNO/c1-2-19-11-14-7-6-13(10-16(14)18)15-5-3-4-12-8-9-20-17(12)15/h3-7,10,19H,2,8-9,11H2,1H3. The topological polar surface area (TPSA) is 21.3 Å². The lowest BCUT2D eigenvalue weighted by Crippen LogP contribution is -2.11. The third kappa shape index (κ3) is 2.54. The summed E-state index contributed by atoms with van der Waals surface area (Å²) in [5, 5.41) is 4.10. The first-order valence-electron chi connectivity index (χ1n) is 7.04. The summed E-state index contributed by atoms with van der Waals surface area (Å²) in [7, 11) is 0. The Morgan fingerprint density at radius 3 is 2.95 bits per heavy atom. The molecule has 0 atom stereocenters. The van der Waals surface area contributed by atoms with Crippen LogP contribution in [0.5, 0.6) is 5.75 Å². The van der Waals surface area contributed by atoms with E-state index in [9.17, 15) is 0 Å². The highest BCUT2D eigenvalue weighted by Gasteiger charge is 2.17. The highest BCUT2D eigenvalue weighted by Crippen LogP contribution is 2.37. The summed E-state index contributed by atoms with van der Waals surface area (Å²) in [6, 6.07) is 12.6. The van der Waals surface area contributed by atoms with Crippen molar-refractivity contribution in [2.75, 3.05) is 13.2 Å². The second-order valence-corrected chi connectivity index (χ2v) is 5.39. The maximum Gasteiger partial charge on any atom is 0.130 e. The maximum atomic E-state index is 6.39. The molecule has 0 amide bonds. The van der Waals surface area contributed by atoms with E-state index in [1.54, 1.807) is 0 Å². The Bertz CT molecular complexity index is 624. The molecule has 0 saturated carbocycles. The fourth-order valence-corrected chi connectivity index (χ4v) is 2.81. The number of para-hydroxylation sites is 1. The van der Waals surface area contributed by atoms with E-state index in [0.29, 0.717) is 0 Å². The molecular formula is C17H18ClNO. The number of hydrogen-bond acceptors (Lipinski definition) is 2. The average molecular weight is 288 g/mol. The Kier molecular flexibility index (Phi) is 3.95. The van der Waals surface area contributed by atoms with E-state index in [0.717, 1.165) is 53.6 Å². The lowest BCUT2D eigenvalue weighted by atomic mass is 10.00. The average Bonchev–Trinajstić information content (AvgIpc) is 2.94. The molecule has 2 aromatic carbocycles. The van der Waals surface area contributed by atoms with Crippen LogP contribution in [0, 0.1) is 0 Å². The van der Waals surface area contributed by atoms with Crippen LogP contribution in [-0.4, -0.2) is 13.2 Å². The highest BCUT2D eigenvalue weighted by atomic mass is 35.5. The van der Waals surface area contributed by atoms with Gasteiger partial charge in [0.15, 0.2) is 0 Å². The van der Waals surface area contributed by atoms with Crippen LogP contribution in [0.1, 0.15) is 18.1 Å². The smallest absolute Gasteiger partial charge is 0.130 e. The molecule has 0 aliphatic carbocycles. The summed E-state index contributed by atoms with van der Waals surface area (Å²) in [5.41, 5.74) is 4.67. The number of halogens is 1. The molecule has 0 saturated heterocycles. The molecule has 0 unspecified atom stereocenters. The van der Waals surface area contributed by atoms with Gasteiger partial charge in [-0.05, 0) is 29.3 Å². The van der Waals surface area contributed by atoms with Crippen LogP contribution in [0.2, 0.25) is 5.02 Å². The van der Waals surface area contributed by atoms with E-state index in [-0.39, 0.29) is 0 Å². The predicted octanol–water partition coefficient (Wildman–Crippen LogP) is 4.05. The zero-order valence-corrected chi connectivity index (χ0v) is 12.3. The monoisotopic (exact) mass is 287 g/mol. The first-order valence-corrected chi connectivity index (χ1v) is 7.41. The molecule has 2 aromatic rings. The molecule has 20 heavy (non-hydrogen) atoms. The summed E-state index contributed by atoms with van der Waals surface area (Å²) < 4.78 is 5.76. The van der Waals surface area contributed by atoms with Crippen molar-refractivity contribution in [3.05, 3.63) is 52.5 Å². The Morgan fingerprint density at radius 1 is 1.25 bits per heavy atom. The van der Waals surface area contributed by atoms with E-state index in [1.807, 2.05) is 6.07 Å². The largest absolute Gasteiger partial charge is 0.492 e. The van der Waals surface area contributed by atoms with Gasteiger partial charge in [-0.2, -0.15) is 0 Å². The number of benzene rings is 2. The van der Waals surface area contributed by atoms with Gasteiger partial charge in [-0.15, -0.1) is 0 Å². The van der Waals surface area contributed by atoms with Crippen LogP contribution in [0.4, 0.5) is 0 Å². The van der Waals surface area contributed by atoms with E-state index in [2.05, 4.69) is 42.6 Å². The van der Waals surface area contributed by atoms with Gasteiger partial charge in [0.1, 0.15) is 5.75 Å². The lowest BCUT2D eigenvalue weighted by Gasteiger charge is -2.11. The molecular weight excluding hydrogens is 270 g/mol. The molecule has 1 aliphatic rings. The highest BCUT2D eigenvalue weighted by molar-refractivity contribution is 6.31. The zero-order valence-electron chi connectivity index (χ0n) is 11.6. The Labute approximate surface area is 124 Å². The van der Waals surface area contributed by atoms with Crippen molar-refractivity contribution in [1.29, 1.82) is 0 Å². The van der Waals surface area contributed by atoms with E-state index in [4.69, 9.17) is 16.3 Å². The summed E-state index contributed by atoms with van der Waals surface area (Å²) in [4.78, 5) is 0. The number of fused-ring (bicyclic) bond motifs is 1. The van der Waals surface area contributed by atoms with Crippen molar-refractivity contribution >= 4 is 11.6 Å². The van der Waals surface area contributed by atoms with E-state index in [1.165, 1.54) is 5.56 Å². The van der Waals surface area contributed by atoms with Gasteiger partial charge in [0, 0.05) is 23.6 Å². The van der Waals surface area contributed by atoms with Crippen LogP contribution in [-0.2, 0) is 13.0 Å². The third-order valence-electron chi connectivity index (χ3n) is 3.64. The minimum atomic E-state index is 0.776. The maximum absolute atomic E-state index is 6.39. The van der Waals surface area contributed by atoms with Gasteiger partial charge >= 0.3 is 0 Å². The third-order valence-corrected chi connectivity index (χ3v) is 4.00. The van der Waals surface area contributed by atoms with Crippen LogP contribution in [0.3, 0.4) is 0 Å². The van der Waals surface area contributed by atoms with E-state index >= 15 is 0 Å². The molecule has 1 aliphatic heterocycles. The normalized spacial score (nSPS) is 13.1. The van der Waals surface area contributed by atoms with Crippen molar-refractivity contribution in [3.63, 3.8) is 0 Å². The van der Waals surface area contributed by atoms with Crippen molar-refractivity contribution in [2.45, 2.75) is 19.9 Å². The molecule has 0 aromatic heterocycles. The van der Waals surface area contributed by atoms with Crippen LogP contribution >= 0.6 is 11.6 Å². The SMILES string of the molecule is CCNCc1ccc(-c2cccc3c2OCC3)cc1Cl. The molecule has 0 fully saturated rings. The first kappa shape index (κ1) is 13.5. The summed E-state index contributed by atoms with van der Waals surface area (Å²) in [6.07, 6.45) is 0.995. The molecule has 1 heterocycles. The van der Waals surface area contributed by atoms with Gasteiger partial charge < -0.3 is 10.1 Å². The van der Waals surface area contributed by atoms with Crippen molar-refractivity contribution in [2.24, 2.45) is 0 Å². The molecule has 2 nitrogen and oxygen atoms in total. The van der Waals surface area contributed by atoms with Gasteiger partial charge in [0.2, 0.25) is 0 Å². The lowest BCUT2D eigenvalue weighted by molar-refractivity contribution is 0.358. The summed E-state index contributed by atoms with van der Waals surface area (Å²) in [5.74, 6) is 1.02. The Balaban J connectivity index is 1.95. The van der Waals surface area contributed by atoms with Crippen molar-refractivity contribution < 1.29 is 4.74 Å². The second kappa shape index (κ2) is 5.86. The summed E-state index contributed by atoms with van der Waals surface area (Å²) in [6.45, 7) is 4.61. The molecule has 104 valence electrons. The number of rotatable bonds is 4. The Hall–Kier alpha value is -1.51. The summed E-state index contributed by atoms with van der Waals surface area (Å²) >= 11 is 6.39. The molecule has 0 spiro atoms. The van der Waals surface area contributed by atoms with E-state index < -0.39 is 0 Å². The van der Waals surface area contributed by atoms with Crippen LogP contribution < -0.4 is 10.1 Å². The van der Waals surface area contributed by atoms with Crippen molar-refractivity contribution in [1.82, 2.24) is 5.32 Å². The quantitative estimate of drug-likeness (QED) is 0.916. The fraction of sp³-hybridized carbons (Fsp3) is 0.294. The number of hydrogen-bond donors (Lipinski definition) is 1. The molecule has 0 radical (unpaired) electrons. The number of nitrogens with one attached hydrogen (secondary N) is 1. The van der Waals surface area contributed by atoms with Crippen molar-refractivity contribution in [3.8, 4) is 16.9 Å². The van der Waals surface area contributed by atoms with Crippen LogP contribution in [0.25, 0.3) is 11.1 Å². The minimum absolute atomic E-state index is 0.776. The molecule has 1 N–H and O–H groups in total. The molecule has 3 rings (SSSR count). The first-order chi connectivity index (χ1) is 9.79. The van der Waals surface area contributed by atoms with Gasteiger partial charge in [-0.1, -0.05) is 48.9 Å². The molecule has 0 bridgehead atoms. The molecule has 3 heteroatoms. The van der Waals surface area contributed by atoms with Gasteiger partial charge in [-0.25, -0.2) is 0 Å². The predicted molar refractivity (Wildman–Crippen MR) is 83.5 cm³/mol.